The number of hydrogen-bond donors (Lipinski definition) is 2. The standard InChI is InChI=1S/C15H13N3O3S/c1-9-14(20)18(15(22)16-9)11-6-4-10(5-7-11)17-13(19)12-3-2-8-21-12/h2-9H,1H3,(H,16,22)(H,17,19). The van der Waals surface area contributed by atoms with Gasteiger partial charge >= 0.3 is 0 Å². The van der Waals surface area contributed by atoms with E-state index in [-0.39, 0.29) is 23.6 Å². The molecule has 1 aliphatic heterocycles. The fourth-order valence-corrected chi connectivity index (χ4v) is 2.52. The van der Waals surface area contributed by atoms with Gasteiger partial charge in [-0.3, -0.25) is 14.5 Å². The average molecular weight is 315 g/mol. The molecular weight excluding hydrogens is 302 g/mol. The Morgan fingerprint density at radius 2 is 2.05 bits per heavy atom. The molecule has 1 aromatic heterocycles. The molecule has 0 radical (unpaired) electrons. The van der Waals surface area contributed by atoms with Gasteiger partial charge in [0.2, 0.25) is 0 Å². The normalized spacial score (nSPS) is 17.5. The Morgan fingerprint density at radius 3 is 2.59 bits per heavy atom. The molecule has 0 saturated carbocycles. The highest BCUT2D eigenvalue weighted by atomic mass is 32.1. The van der Waals surface area contributed by atoms with Gasteiger partial charge in [-0.05, 0) is 55.5 Å². The Bertz CT molecular complexity index is 725. The number of nitrogens with one attached hydrogen (secondary N) is 2. The zero-order valence-electron chi connectivity index (χ0n) is 11.7. The van der Waals surface area contributed by atoms with Gasteiger partial charge in [-0.1, -0.05) is 0 Å². The molecule has 0 spiro atoms. The van der Waals surface area contributed by atoms with Gasteiger partial charge in [0.1, 0.15) is 6.04 Å². The van der Waals surface area contributed by atoms with Crippen LogP contribution in [0.2, 0.25) is 0 Å². The van der Waals surface area contributed by atoms with Crippen LogP contribution in [0.1, 0.15) is 17.5 Å². The maximum absolute atomic E-state index is 12.0. The largest absolute Gasteiger partial charge is 0.459 e. The van der Waals surface area contributed by atoms with Crippen molar-refractivity contribution in [2.75, 3.05) is 10.2 Å². The van der Waals surface area contributed by atoms with E-state index in [9.17, 15) is 9.59 Å². The van der Waals surface area contributed by atoms with E-state index in [1.165, 1.54) is 11.2 Å². The van der Waals surface area contributed by atoms with Crippen LogP contribution in [0.15, 0.2) is 47.1 Å². The van der Waals surface area contributed by atoms with Gasteiger partial charge < -0.3 is 15.1 Å². The van der Waals surface area contributed by atoms with Crippen molar-refractivity contribution in [3.05, 3.63) is 48.4 Å². The SMILES string of the molecule is CC1NC(=S)N(c2ccc(NC(=O)c3ccco3)cc2)C1=O. The highest BCUT2D eigenvalue weighted by molar-refractivity contribution is 7.80. The number of hydrogen-bond acceptors (Lipinski definition) is 4. The van der Waals surface area contributed by atoms with Crippen LogP contribution in [0.4, 0.5) is 11.4 Å². The van der Waals surface area contributed by atoms with Crippen molar-refractivity contribution in [3.8, 4) is 0 Å². The molecule has 1 fully saturated rings. The summed E-state index contributed by atoms with van der Waals surface area (Å²) in [5.74, 6) is -0.198. The summed E-state index contributed by atoms with van der Waals surface area (Å²) >= 11 is 5.15. The van der Waals surface area contributed by atoms with Gasteiger partial charge in [0.15, 0.2) is 10.9 Å². The first kappa shape index (κ1) is 14.3. The Balaban J connectivity index is 1.75. The summed E-state index contributed by atoms with van der Waals surface area (Å²) in [7, 11) is 0. The van der Waals surface area contributed by atoms with Gasteiger partial charge in [0.25, 0.3) is 11.8 Å². The lowest BCUT2D eigenvalue weighted by atomic mass is 10.2. The molecule has 2 N–H and O–H groups in total. The predicted molar refractivity (Wildman–Crippen MR) is 85.8 cm³/mol. The minimum Gasteiger partial charge on any atom is -0.459 e. The topological polar surface area (TPSA) is 74.6 Å². The molecule has 0 aliphatic carbocycles. The van der Waals surface area contributed by atoms with Gasteiger partial charge in [0, 0.05) is 5.69 Å². The smallest absolute Gasteiger partial charge is 0.291 e. The Hall–Kier alpha value is -2.67. The van der Waals surface area contributed by atoms with E-state index in [0.29, 0.717) is 16.5 Å². The van der Waals surface area contributed by atoms with E-state index >= 15 is 0 Å². The van der Waals surface area contributed by atoms with E-state index in [0.717, 1.165) is 0 Å². The molecular formula is C15H13N3O3S. The van der Waals surface area contributed by atoms with Crippen molar-refractivity contribution in [2.45, 2.75) is 13.0 Å². The van der Waals surface area contributed by atoms with Crippen LogP contribution in [0, 0.1) is 0 Å². The lowest BCUT2D eigenvalue weighted by Gasteiger charge is -2.15. The summed E-state index contributed by atoms with van der Waals surface area (Å²) in [6.45, 7) is 1.76. The Kier molecular flexibility index (Phi) is 3.64. The molecule has 1 aliphatic rings. The van der Waals surface area contributed by atoms with E-state index in [1.54, 1.807) is 43.3 Å². The van der Waals surface area contributed by atoms with Gasteiger partial charge in [0.05, 0.1) is 12.0 Å². The molecule has 7 heteroatoms. The first-order chi connectivity index (χ1) is 10.6. The second-order valence-electron chi connectivity index (χ2n) is 4.82. The molecule has 2 heterocycles. The van der Waals surface area contributed by atoms with Crippen molar-refractivity contribution in [3.63, 3.8) is 0 Å². The third kappa shape index (κ3) is 2.58. The summed E-state index contributed by atoms with van der Waals surface area (Å²) in [5, 5.41) is 5.99. The molecule has 1 aromatic carbocycles. The first-order valence-corrected chi connectivity index (χ1v) is 7.06. The van der Waals surface area contributed by atoms with E-state index < -0.39 is 0 Å². The molecule has 22 heavy (non-hydrogen) atoms. The highest BCUT2D eigenvalue weighted by Crippen LogP contribution is 2.22. The van der Waals surface area contributed by atoms with Crippen molar-refractivity contribution in [1.29, 1.82) is 0 Å². The monoisotopic (exact) mass is 315 g/mol. The van der Waals surface area contributed by atoms with Crippen LogP contribution >= 0.6 is 12.2 Å². The predicted octanol–water partition coefficient (Wildman–Crippen LogP) is 2.14. The van der Waals surface area contributed by atoms with E-state index in [2.05, 4.69) is 10.6 Å². The Labute approximate surface area is 132 Å². The average Bonchev–Trinajstić information content (AvgIpc) is 3.10. The minimum absolute atomic E-state index is 0.0997. The summed E-state index contributed by atoms with van der Waals surface area (Å²) in [6, 6.07) is 9.75. The summed E-state index contributed by atoms with van der Waals surface area (Å²) in [6.07, 6.45) is 1.44. The number of nitrogens with zero attached hydrogens (tertiary/aromatic N) is 1. The molecule has 1 atom stereocenters. The van der Waals surface area contributed by atoms with Gasteiger partial charge in [-0.2, -0.15) is 0 Å². The summed E-state index contributed by atoms with van der Waals surface area (Å²) in [5.41, 5.74) is 1.26. The number of benzene rings is 1. The second-order valence-corrected chi connectivity index (χ2v) is 5.21. The van der Waals surface area contributed by atoms with Crippen LogP contribution in [-0.2, 0) is 4.79 Å². The molecule has 1 saturated heterocycles. The third-order valence-electron chi connectivity index (χ3n) is 3.26. The van der Waals surface area contributed by atoms with Crippen molar-refractivity contribution in [1.82, 2.24) is 5.32 Å². The molecule has 2 amide bonds. The van der Waals surface area contributed by atoms with Gasteiger partial charge in [-0.25, -0.2) is 0 Å². The van der Waals surface area contributed by atoms with Crippen LogP contribution in [0.3, 0.4) is 0 Å². The molecule has 3 rings (SSSR count). The number of carbonyl (C=O) groups is 2. The fourth-order valence-electron chi connectivity index (χ4n) is 2.14. The molecule has 112 valence electrons. The number of amides is 2. The molecule has 1 unspecified atom stereocenters. The maximum atomic E-state index is 12.0. The number of anilines is 2. The quantitative estimate of drug-likeness (QED) is 0.849. The summed E-state index contributed by atoms with van der Waals surface area (Å²) < 4.78 is 5.02. The van der Waals surface area contributed by atoms with E-state index in [4.69, 9.17) is 16.6 Å². The van der Waals surface area contributed by atoms with Crippen LogP contribution in [0.25, 0.3) is 0 Å². The van der Waals surface area contributed by atoms with Crippen LogP contribution < -0.4 is 15.5 Å². The van der Waals surface area contributed by atoms with E-state index in [1.807, 2.05) is 0 Å². The van der Waals surface area contributed by atoms with Crippen molar-refractivity contribution < 1.29 is 14.0 Å². The molecule has 2 aromatic rings. The maximum Gasteiger partial charge on any atom is 0.291 e. The highest BCUT2D eigenvalue weighted by Gasteiger charge is 2.33. The zero-order valence-corrected chi connectivity index (χ0v) is 12.5. The van der Waals surface area contributed by atoms with Crippen LogP contribution in [0.5, 0.6) is 0 Å². The van der Waals surface area contributed by atoms with Crippen LogP contribution in [-0.4, -0.2) is 23.0 Å². The van der Waals surface area contributed by atoms with Crippen molar-refractivity contribution >= 4 is 40.5 Å². The van der Waals surface area contributed by atoms with Crippen molar-refractivity contribution in [2.24, 2.45) is 0 Å². The number of thiocarbonyl (C=S) groups is 1. The Morgan fingerprint density at radius 1 is 1.32 bits per heavy atom. The minimum atomic E-state index is -0.333. The second kappa shape index (κ2) is 5.61. The number of carbonyl (C=O) groups excluding carboxylic acids is 2. The number of rotatable bonds is 3. The van der Waals surface area contributed by atoms with Gasteiger partial charge in [-0.15, -0.1) is 0 Å². The third-order valence-corrected chi connectivity index (χ3v) is 3.56. The summed E-state index contributed by atoms with van der Waals surface area (Å²) in [4.78, 5) is 25.3. The molecule has 0 bridgehead atoms. The molecule has 6 nitrogen and oxygen atoms in total. The number of furan rings is 1. The lowest BCUT2D eigenvalue weighted by Crippen LogP contribution is -2.30. The first-order valence-electron chi connectivity index (χ1n) is 6.65. The fraction of sp³-hybridized carbons (Fsp3) is 0.133. The zero-order chi connectivity index (χ0) is 15.7. The lowest BCUT2D eigenvalue weighted by molar-refractivity contribution is -0.117.